The average Bonchev–Trinajstić information content (AvgIpc) is 3.20. The number of halogens is 1. The smallest absolute Gasteiger partial charge is 0.319 e. The van der Waals surface area contributed by atoms with Crippen LogP contribution in [0.4, 0.5) is 4.39 Å². The van der Waals surface area contributed by atoms with E-state index < -0.39 is 5.60 Å². The van der Waals surface area contributed by atoms with Crippen molar-refractivity contribution in [2.45, 2.75) is 45.3 Å². The Labute approximate surface area is 188 Å². The van der Waals surface area contributed by atoms with E-state index in [1.165, 1.54) is 6.07 Å². The second-order valence-electron chi connectivity index (χ2n) is 8.57. The molecule has 3 atom stereocenters. The normalized spacial score (nSPS) is 25.4. The van der Waals surface area contributed by atoms with Crippen molar-refractivity contribution in [3.8, 4) is 17.6 Å². The van der Waals surface area contributed by atoms with E-state index in [4.69, 9.17) is 14.2 Å². The lowest BCUT2D eigenvalue weighted by Gasteiger charge is -2.41. The van der Waals surface area contributed by atoms with Gasteiger partial charge >= 0.3 is 6.01 Å². The predicted molar refractivity (Wildman–Crippen MR) is 117 cm³/mol. The van der Waals surface area contributed by atoms with Gasteiger partial charge in [0, 0.05) is 37.3 Å². The number of ether oxygens (including phenoxy) is 3. The topological polar surface area (TPSA) is 76.9 Å². The number of nitrogens with zero attached hydrogens (tertiary/aromatic N) is 3. The molecule has 1 aromatic heterocycles. The van der Waals surface area contributed by atoms with E-state index in [9.17, 15) is 9.50 Å². The van der Waals surface area contributed by atoms with Crippen LogP contribution < -0.4 is 14.2 Å². The van der Waals surface area contributed by atoms with Gasteiger partial charge in [-0.15, -0.1) is 0 Å². The lowest BCUT2D eigenvalue weighted by atomic mass is 9.68. The first-order valence-electron chi connectivity index (χ1n) is 11.4. The fourth-order valence-electron chi connectivity index (χ4n) is 5.21. The van der Waals surface area contributed by atoms with Crippen molar-refractivity contribution in [1.29, 1.82) is 0 Å². The first-order chi connectivity index (χ1) is 15.5. The predicted octanol–water partition coefficient (Wildman–Crippen LogP) is 3.54. The van der Waals surface area contributed by atoms with Gasteiger partial charge in [-0.1, -0.05) is 0 Å². The SMILES string of the molecule is CCOc1ncc(C2(O)CCCC3CN(Cc4cc(OC)ccc4F)CC32)c(OCC)n1. The van der Waals surface area contributed by atoms with Gasteiger partial charge in [-0.3, -0.25) is 4.90 Å². The molecule has 0 radical (unpaired) electrons. The summed E-state index contributed by atoms with van der Waals surface area (Å²) in [6.45, 7) is 6.60. The van der Waals surface area contributed by atoms with E-state index in [0.29, 0.717) is 61.4 Å². The Morgan fingerprint density at radius 2 is 2.03 bits per heavy atom. The van der Waals surface area contributed by atoms with E-state index in [0.717, 1.165) is 19.4 Å². The number of benzene rings is 1. The van der Waals surface area contributed by atoms with Crippen molar-refractivity contribution in [3.63, 3.8) is 0 Å². The third-order valence-corrected chi connectivity index (χ3v) is 6.66. The van der Waals surface area contributed by atoms with E-state index in [1.807, 2.05) is 13.8 Å². The molecule has 0 spiro atoms. The molecule has 2 fully saturated rings. The lowest BCUT2D eigenvalue weighted by molar-refractivity contribution is -0.0672. The average molecular weight is 446 g/mol. The molecule has 2 aliphatic rings. The highest BCUT2D eigenvalue weighted by molar-refractivity contribution is 5.34. The summed E-state index contributed by atoms with van der Waals surface area (Å²) in [7, 11) is 1.58. The van der Waals surface area contributed by atoms with Crippen molar-refractivity contribution < 1.29 is 23.7 Å². The Morgan fingerprint density at radius 1 is 1.22 bits per heavy atom. The van der Waals surface area contributed by atoms with Gasteiger partial charge in [-0.05, 0) is 57.2 Å². The lowest BCUT2D eigenvalue weighted by Crippen LogP contribution is -2.43. The maximum absolute atomic E-state index is 14.4. The van der Waals surface area contributed by atoms with Crippen LogP contribution in [0.1, 0.15) is 44.2 Å². The van der Waals surface area contributed by atoms with Crippen molar-refractivity contribution in [3.05, 3.63) is 41.3 Å². The number of rotatable bonds is 8. The van der Waals surface area contributed by atoms with E-state index in [1.54, 1.807) is 25.4 Å². The molecular weight excluding hydrogens is 413 g/mol. The van der Waals surface area contributed by atoms with Crippen LogP contribution >= 0.6 is 0 Å². The first kappa shape index (κ1) is 22.7. The number of hydrogen-bond acceptors (Lipinski definition) is 7. The molecule has 4 rings (SSSR count). The molecule has 1 saturated carbocycles. The monoisotopic (exact) mass is 445 g/mol. The molecule has 32 heavy (non-hydrogen) atoms. The van der Waals surface area contributed by atoms with Gasteiger partial charge in [0.2, 0.25) is 5.88 Å². The van der Waals surface area contributed by atoms with Crippen LogP contribution in [0.2, 0.25) is 0 Å². The number of hydrogen-bond donors (Lipinski definition) is 1. The summed E-state index contributed by atoms with van der Waals surface area (Å²) in [6.07, 6.45) is 4.20. The Balaban J connectivity index is 1.59. The van der Waals surface area contributed by atoms with E-state index >= 15 is 0 Å². The molecule has 1 aliphatic heterocycles. The minimum Gasteiger partial charge on any atom is -0.497 e. The summed E-state index contributed by atoms with van der Waals surface area (Å²) in [5.41, 5.74) is 0.123. The molecule has 174 valence electrons. The Morgan fingerprint density at radius 3 is 2.78 bits per heavy atom. The number of aliphatic hydroxyl groups is 1. The van der Waals surface area contributed by atoms with Gasteiger partial charge in [-0.2, -0.15) is 4.98 Å². The molecule has 1 aromatic carbocycles. The third kappa shape index (κ3) is 4.38. The fourth-order valence-corrected chi connectivity index (χ4v) is 5.21. The van der Waals surface area contributed by atoms with Crippen molar-refractivity contribution in [2.24, 2.45) is 11.8 Å². The summed E-state index contributed by atoms with van der Waals surface area (Å²) >= 11 is 0. The molecule has 0 bridgehead atoms. The molecule has 7 nitrogen and oxygen atoms in total. The highest BCUT2D eigenvalue weighted by Gasteiger charge is 2.51. The summed E-state index contributed by atoms with van der Waals surface area (Å²) in [6, 6.07) is 5.07. The standard InChI is InChI=1S/C24H32FN3O4/c1-4-31-22-19(12-26-23(27-22)32-5-2)24(29)10-6-7-16-13-28(15-20(16)24)14-17-11-18(30-3)8-9-21(17)25/h8-9,11-12,16,20,29H,4-7,10,13-15H2,1-3H3. The molecule has 8 heteroatoms. The molecular formula is C24H32FN3O4. The minimum atomic E-state index is -1.10. The quantitative estimate of drug-likeness (QED) is 0.666. The number of fused-ring (bicyclic) bond motifs is 1. The first-order valence-corrected chi connectivity index (χ1v) is 11.4. The molecule has 3 unspecified atom stereocenters. The molecule has 1 N–H and O–H groups in total. The Hall–Kier alpha value is -2.45. The second-order valence-corrected chi connectivity index (χ2v) is 8.57. The van der Waals surface area contributed by atoms with Crippen LogP contribution in [0, 0.1) is 17.7 Å². The minimum absolute atomic E-state index is 0.00864. The summed E-state index contributed by atoms with van der Waals surface area (Å²) < 4.78 is 30.9. The molecule has 0 amide bonds. The highest BCUT2D eigenvalue weighted by Crippen LogP contribution is 2.50. The molecule has 1 saturated heterocycles. The zero-order valence-corrected chi connectivity index (χ0v) is 19.0. The second kappa shape index (κ2) is 9.58. The van der Waals surface area contributed by atoms with Crippen LogP contribution in [-0.4, -0.2) is 53.4 Å². The fraction of sp³-hybridized carbons (Fsp3) is 0.583. The summed E-state index contributed by atoms with van der Waals surface area (Å²) in [4.78, 5) is 10.9. The van der Waals surface area contributed by atoms with Crippen LogP contribution in [0.25, 0.3) is 0 Å². The van der Waals surface area contributed by atoms with Crippen molar-refractivity contribution in [1.82, 2.24) is 14.9 Å². The Bertz CT molecular complexity index is 943. The maximum atomic E-state index is 14.4. The number of likely N-dealkylation sites (tertiary alicyclic amines) is 1. The summed E-state index contributed by atoms with van der Waals surface area (Å²) in [5.74, 6) is 1.08. The maximum Gasteiger partial charge on any atom is 0.319 e. The Kier molecular flexibility index (Phi) is 6.81. The van der Waals surface area contributed by atoms with Crippen LogP contribution in [-0.2, 0) is 12.1 Å². The zero-order chi connectivity index (χ0) is 22.7. The van der Waals surface area contributed by atoms with Crippen molar-refractivity contribution in [2.75, 3.05) is 33.4 Å². The van der Waals surface area contributed by atoms with Gasteiger partial charge < -0.3 is 19.3 Å². The van der Waals surface area contributed by atoms with Gasteiger partial charge in [0.15, 0.2) is 0 Å². The number of aromatic nitrogens is 2. The molecule has 1 aliphatic carbocycles. The highest BCUT2D eigenvalue weighted by atomic mass is 19.1. The van der Waals surface area contributed by atoms with Crippen LogP contribution in [0.3, 0.4) is 0 Å². The van der Waals surface area contributed by atoms with Gasteiger partial charge in [0.1, 0.15) is 17.2 Å². The van der Waals surface area contributed by atoms with Gasteiger partial charge in [0.05, 0.1) is 25.9 Å². The van der Waals surface area contributed by atoms with E-state index in [2.05, 4.69) is 14.9 Å². The van der Waals surface area contributed by atoms with Crippen molar-refractivity contribution >= 4 is 0 Å². The molecule has 2 heterocycles. The summed E-state index contributed by atoms with van der Waals surface area (Å²) in [5, 5.41) is 11.9. The van der Waals surface area contributed by atoms with Gasteiger partial charge in [0.25, 0.3) is 0 Å². The molecule has 2 aromatic rings. The third-order valence-electron chi connectivity index (χ3n) is 6.66. The van der Waals surface area contributed by atoms with Crippen LogP contribution in [0.5, 0.6) is 17.6 Å². The zero-order valence-electron chi connectivity index (χ0n) is 19.0. The number of methoxy groups -OCH3 is 1. The van der Waals surface area contributed by atoms with E-state index in [-0.39, 0.29) is 17.7 Å². The van der Waals surface area contributed by atoms with Gasteiger partial charge in [-0.25, -0.2) is 9.37 Å². The largest absolute Gasteiger partial charge is 0.497 e. The van der Waals surface area contributed by atoms with Crippen LogP contribution in [0.15, 0.2) is 24.4 Å².